The Labute approximate surface area is 151 Å². The van der Waals surface area contributed by atoms with Gasteiger partial charge in [0.05, 0.1) is 6.61 Å². The van der Waals surface area contributed by atoms with Crippen LogP contribution in [0.1, 0.15) is 64.2 Å². The van der Waals surface area contributed by atoms with Crippen LogP contribution in [-0.4, -0.2) is 37.1 Å². The normalized spacial score (nSPS) is 27.5. The molecule has 2 saturated carbocycles. The summed E-state index contributed by atoms with van der Waals surface area (Å²) in [5.41, 5.74) is 0. The third kappa shape index (κ3) is 6.00. The molecule has 1 aliphatic heterocycles. The summed E-state index contributed by atoms with van der Waals surface area (Å²) < 4.78 is 11.7. The number of allylic oxidation sites excluding steroid dienone is 1. The Balaban J connectivity index is 1.57. The zero-order valence-electron chi connectivity index (χ0n) is 15.3. The molecule has 142 valence electrons. The van der Waals surface area contributed by atoms with Crippen molar-refractivity contribution in [3.63, 3.8) is 0 Å². The number of nitrogens with one attached hydrogen (secondary N) is 1. The van der Waals surface area contributed by atoms with Gasteiger partial charge >= 0.3 is 0 Å². The number of aliphatic hydroxyl groups excluding tert-OH is 1. The molecule has 0 unspecified atom stereocenters. The van der Waals surface area contributed by atoms with Gasteiger partial charge < -0.3 is 19.9 Å². The first-order valence-corrected chi connectivity index (χ1v) is 10.2. The Bertz CT molecular complexity index is 455. The van der Waals surface area contributed by atoms with Crippen LogP contribution in [0, 0.1) is 17.8 Å². The van der Waals surface area contributed by atoms with Gasteiger partial charge in [0.15, 0.2) is 5.76 Å². The van der Waals surface area contributed by atoms with Crippen molar-refractivity contribution in [3.05, 3.63) is 11.8 Å². The smallest absolute Gasteiger partial charge is 0.286 e. The zero-order chi connectivity index (χ0) is 17.5. The number of hydrogen-bond acceptors (Lipinski definition) is 4. The molecule has 0 saturated heterocycles. The van der Waals surface area contributed by atoms with Gasteiger partial charge in [0.25, 0.3) is 5.91 Å². The van der Waals surface area contributed by atoms with Gasteiger partial charge in [-0.25, -0.2) is 0 Å². The Kier molecular flexibility index (Phi) is 7.17. The van der Waals surface area contributed by atoms with Crippen molar-refractivity contribution in [1.82, 2.24) is 5.32 Å². The molecule has 0 aromatic heterocycles. The van der Waals surface area contributed by atoms with Gasteiger partial charge in [0, 0.05) is 19.6 Å². The van der Waals surface area contributed by atoms with Gasteiger partial charge in [-0.15, -0.1) is 0 Å². The Morgan fingerprint density at radius 3 is 2.72 bits per heavy atom. The maximum atomic E-state index is 12.5. The average Bonchev–Trinajstić information content (AvgIpc) is 3.48. The second-order valence-corrected chi connectivity index (χ2v) is 7.83. The monoisotopic (exact) mass is 351 g/mol. The van der Waals surface area contributed by atoms with Crippen LogP contribution in [-0.2, 0) is 14.3 Å². The molecule has 1 amide bonds. The van der Waals surface area contributed by atoms with Crippen LogP contribution >= 0.6 is 0 Å². The summed E-state index contributed by atoms with van der Waals surface area (Å²) in [6.45, 7) is 1.52. The molecular formula is C20H33NO4. The van der Waals surface area contributed by atoms with E-state index in [4.69, 9.17) is 14.6 Å². The average molecular weight is 351 g/mol. The van der Waals surface area contributed by atoms with E-state index < -0.39 is 0 Å². The number of hydrogen-bond donors (Lipinski definition) is 2. The number of aliphatic hydroxyl groups is 1. The molecule has 1 heterocycles. The van der Waals surface area contributed by atoms with Crippen LogP contribution in [0.4, 0.5) is 0 Å². The van der Waals surface area contributed by atoms with Crippen LogP contribution in [0.3, 0.4) is 0 Å². The predicted molar refractivity (Wildman–Crippen MR) is 95.6 cm³/mol. The van der Waals surface area contributed by atoms with Gasteiger partial charge in [0.2, 0.25) is 6.29 Å². The summed E-state index contributed by atoms with van der Waals surface area (Å²) >= 11 is 0. The van der Waals surface area contributed by atoms with Crippen molar-refractivity contribution in [2.45, 2.75) is 70.5 Å². The molecule has 0 aromatic carbocycles. The van der Waals surface area contributed by atoms with Crippen molar-refractivity contribution >= 4 is 5.91 Å². The molecule has 25 heavy (non-hydrogen) atoms. The molecule has 0 bridgehead atoms. The van der Waals surface area contributed by atoms with E-state index in [0.717, 1.165) is 25.8 Å². The number of amides is 1. The predicted octanol–water partition coefficient (Wildman–Crippen LogP) is 3.13. The van der Waals surface area contributed by atoms with E-state index in [1.54, 1.807) is 0 Å². The molecule has 0 aromatic rings. The third-order valence-corrected chi connectivity index (χ3v) is 5.67. The lowest BCUT2D eigenvalue weighted by molar-refractivity contribution is -0.151. The molecule has 2 N–H and O–H groups in total. The number of ether oxygens (including phenoxy) is 2. The van der Waals surface area contributed by atoms with Crippen LogP contribution in [0.5, 0.6) is 0 Å². The van der Waals surface area contributed by atoms with Crippen LogP contribution in [0.2, 0.25) is 0 Å². The van der Waals surface area contributed by atoms with Gasteiger partial charge in [-0.1, -0.05) is 19.3 Å². The lowest BCUT2D eigenvalue weighted by Gasteiger charge is -2.35. The van der Waals surface area contributed by atoms with Crippen molar-refractivity contribution in [2.24, 2.45) is 17.8 Å². The summed E-state index contributed by atoms with van der Waals surface area (Å²) in [5.74, 6) is 2.05. The standard InChI is InChI=1S/C20H33NO4/c22-10-4-5-11-24-19-13-17(16-6-2-1-3-7-16)12-18(25-19)20(23)21-14-15-8-9-15/h12,15-17,19,22H,1-11,13-14H2,(H,21,23)/t17-,19+/m1/s1. The molecular weight excluding hydrogens is 318 g/mol. The topological polar surface area (TPSA) is 67.8 Å². The van der Waals surface area contributed by atoms with E-state index in [-0.39, 0.29) is 18.8 Å². The van der Waals surface area contributed by atoms with E-state index in [2.05, 4.69) is 11.4 Å². The zero-order valence-corrected chi connectivity index (χ0v) is 15.3. The minimum Gasteiger partial charge on any atom is -0.459 e. The first kappa shape index (κ1) is 18.7. The first-order valence-electron chi connectivity index (χ1n) is 10.2. The second kappa shape index (κ2) is 9.58. The summed E-state index contributed by atoms with van der Waals surface area (Å²) in [4.78, 5) is 12.5. The highest BCUT2D eigenvalue weighted by atomic mass is 16.7. The summed E-state index contributed by atoms with van der Waals surface area (Å²) in [6.07, 6.45) is 13.0. The Hall–Kier alpha value is -1.07. The van der Waals surface area contributed by atoms with E-state index in [1.807, 2.05) is 0 Å². The van der Waals surface area contributed by atoms with E-state index in [1.165, 1.54) is 44.9 Å². The SMILES string of the molecule is O=C(NCC1CC1)C1=C[C@@H](C2CCCCC2)C[C@@H](OCCCCO)O1. The maximum Gasteiger partial charge on any atom is 0.286 e. The number of rotatable bonds is 9. The lowest BCUT2D eigenvalue weighted by Crippen LogP contribution is -2.36. The van der Waals surface area contributed by atoms with Gasteiger partial charge in [-0.3, -0.25) is 4.79 Å². The third-order valence-electron chi connectivity index (χ3n) is 5.67. The minimum atomic E-state index is -0.336. The molecule has 5 nitrogen and oxygen atoms in total. The minimum absolute atomic E-state index is 0.0867. The summed E-state index contributed by atoms with van der Waals surface area (Å²) in [7, 11) is 0. The fraction of sp³-hybridized carbons (Fsp3) is 0.850. The van der Waals surface area contributed by atoms with Crippen LogP contribution in [0.25, 0.3) is 0 Å². The molecule has 2 fully saturated rings. The fourth-order valence-electron chi connectivity index (χ4n) is 3.91. The molecule has 2 aliphatic carbocycles. The molecule has 0 radical (unpaired) electrons. The van der Waals surface area contributed by atoms with Crippen molar-refractivity contribution < 1.29 is 19.4 Å². The van der Waals surface area contributed by atoms with Crippen LogP contribution < -0.4 is 5.32 Å². The fourth-order valence-corrected chi connectivity index (χ4v) is 3.91. The van der Waals surface area contributed by atoms with E-state index in [9.17, 15) is 4.79 Å². The van der Waals surface area contributed by atoms with Crippen molar-refractivity contribution in [2.75, 3.05) is 19.8 Å². The highest BCUT2D eigenvalue weighted by molar-refractivity contribution is 5.91. The molecule has 3 aliphatic rings. The molecule has 3 rings (SSSR count). The Morgan fingerprint density at radius 1 is 1.20 bits per heavy atom. The second-order valence-electron chi connectivity index (χ2n) is 7.83. The highest BCUT2D eigenvalue weighted by Gasteiger charge is 2.33. The summed E-state index contributed by atoms with van der Waals surface area (Å²) in [5, 5.41) is 11.9. The Morgan fingerprint density at radius 2 is 2.00 bits per heavy atom. The largest absolute Gasteiger partial charge is 0.459 e. The number of unbranched alkanes of at least 4 members (excludes halogenated alkanes) is 1. The van der Waals surface area contributed by atoms with E-state index >= 15 is 0 Å². The van der Waals surface area contributed by atoms with Crippen molar-refractivity contribution in [1.29, 1.82) is 0 Å². The quantitative estimate of drug-likeness (QED) is 0.626. The van der Waals surface area contributed by atoms with Gasteiger partial charge in [0.1, 0.15) is 0 Å². The van der Waals surface area contributed by atoms with Gasteiger partial charge in [-0.05, 0) is 62.4 Å². The van der Waals surface area contributed by atoms with Crippen LogP contribution in [0.15, 0.2) is 11.8 Å². The number of carbonyl (C=O) groups is 1. The van der Waals surface area contributed by atoms with Gasteiger partial charge in [-0.2, -0.15) is 0 Å². The van der Waals surface area contributed by atoms with Crippen molar-refractivity contribution in [3.8, 4) is 0 Å². The van der Waals surface area contributed by atoms with E-state index in [0.29, 0.717) is 30.1 Å². The highest BCUT2D eigenvalue weighted by Crippen LogP contribution is 2.37. The molecule has 2 atom stereocenters. The molecule has 0 spiro atoms. The summed E-state index contributed by atoms with van der Waals surface area (Å²) in [6, 6.07) is 0. The number of carbonyl (C=O) groups excluding carboxylic acids is 1. The molecule has 5 heteroatoms. The maximum absolute atomic E-state index is 12.5. The first-order chi connectivity index (χ1) is 12.3. The lowest BCUT2D eigenvalue weighted by atomic mass is 9.77.